The number of non-ortho nitro benzene ring substituents is 1. The Morgan fingerprint density at radius 3 is 2.74 bits per heavy atom. The summed E-state index contributed by atoms with van der Waals surface area (Å²) in [5.74, 6) is -0.242. The molecule has 3 rings (SSSR count). The number of nitrogens with zero attached hydrogens (tertiary/aromatic N) is 3. The minimum atomic E-state index is -0.486. The van der Waals surface area contributed by atoms with E-state index < -0.39 is 4.92 Å². The van der Waals surface area contributed by atoms with Gasteiger partial charge in [-0.2, -0.15) is 0 Å². The van der Waals surface area contributed by atoms with Crippen molar-refractivity contribution in [2.45, 2.75) is 12.1 Å². The number of carbonyl (C=O) groups is 1. The van der Waals surface area contributed by atoms with Crippen LogP contribution in [0.15, 0.2) is 52.4 Å². The lowest BCUT2D eigenvalue weighted by Crippen LogP contribution is -2.21. The second kappa shape index (κ2) is 7.58. The van der Waals surface area contributed by atoms with Crippen LogP contribution in [0.3, 0.4) is 0 Å². The van der Waals surface area contributed by atoms with Crippen molar-refractivity contribution in [1.29, 1.82) is 0 Å². The second-order valence-corrected chi connectivity index (χ2v) is 6.81. The average molecular weight is 384 g/mol. The van der Waals surface area contributed by atoms with E-state index in [2.05, 4.69) is 10.3 Å². The van der Waals surface area contributed by atoms with Gasteiger partial charge in [0.2, 0.25) is 5.91 Å². The Hall–Kier alpha value is -3.20. The van der Waals surface area contributed by atoms with Crippen LogP contribution in [0.2, 0.25) is 0 Å². The van der Waals surface area contributed by atoms with Gasteiger partial charge in [0.15, 0.2) is 5.16 Å². The fraction of sp³-hybridized carbons (Fsp3) is 0.167. The van der Waals surface area contributed by atoms with Crippen LogP contribution in [-0.4, -0.2) is 26.1 Å². The average Bonchev–Trinajstić information content (AvgIpc) is 2.65. The summed E-state index contributed by atoms with van der Waals surface area (Å²) in [6.45, 7) is 1.68. The number of aryl methyl sites for hydroxylation is 1. The lowest BCUT2D eigenvalue weighted by Gasteiger charge is -2.10. The SMILES string of the molecule is Cc1cc([N+](=O)[O-])ccc1NC(=O)CSc1nc2ccccc2c(=O)n1C. The predicted molar refractivity (Wildman–Crippen MR) is 104 cm³/mol. The zero-order valence-electron chi connectivity index (χ0n) is 14.6. The van der Waals surface area contributed by atoms with E-state index in [0.717, 1.165) is 11.8 Å². The Balaban J connectivity index is 1.73. The van der Waals surface area contributed by atoms with Gasteiger partial charge < -0.3 is 5.32 Å². The van der Waals surface area contributed by atoms with Crippen molar-refractivity contribution in [3.05, 3.63) is 68.5 Å². The summed E-state index contributed by atoms with van der Waals surface area (Å²) in [6.07, 6.45) is 0. The molecule has 0 atom stereocenters. The first-order valence-electron chi connectivity index (χ1n) is 8.00. The number of aromatic nitrogens is 2. The van der Waals surface area contributed by atoms with E-state index >= 15 is 0 Å². The molecule has 0 aliphatic heterocycles. The standard InChI is InChI=1S/C18H16N4O4S/c1-11-9-12(22(25)26)7-8-14(11)19-16(23)10-27-18-20-15-6-4-3-5-13(15)17(24)21(18)2/h3-9H,10H2,1-2H3,(H,19,23). The van der Waals surface area contributed by atoms with Gasteiger partial charge in [0, 0.05) is 24.9 Å². The molecule has 0 bridgehead atoms. The number of nitro benzene ring substituents is 1. The number of fused-ring (bicyclic) bond motifs is 1. The minimum Gasteiger partial charge on any atom is -0.325 e. The van der Waals surface area contributed by atoms with Gasteiger partial charge in [-0.25, -0.2) is 4.98 Å². The van der Waals surface area contributed by atoms with E-state index in [4.69, 9.17) is 0 Å². The molecule has 8 nitrogen and oxygen atoms in total. The zero-order valence-corrected chi connectivity index (χ0v) is 15.4. The number of para-hydroxylation sites is 1. The van der Waals surface area contributed by atoms with Crippen molar-refractivity contribution in [2.24, 2.45) is 7.05 Å². The Kier molecular flexibility index (Phi) is 5.22. The van der Waals surface area contributed by atoms with Gasteiger partial charge in [-0.3, -0.25) is 24.3 Å². The largest absolute Gasteiger partial charge is 0.325 e. The van der Waals surface area contributed by atoms with Crippen LogP contribution in [0.1, 0.15) is 5.56 Å². The van der Waals surface area contributed by atoms with Crippen molar-refractivity contribution in [3.8, 4) is 0 Å². The normalized spacial score (nSPS) is 10.7. The number of thioether (sulfide) groups is 1. The maximum atomic E-state index is 12.4. The molecule has 0 fully saturated rings. The van der Waals surface area contributed by atoms with Crippen LogP contribution in [0, 0.1) is 17.0 Å². The summed E-state index contributed by atoms with van der Waals surface area (Å²) in [7, 11) is 1.61. The molecule has 0 saturated carbocycles. The number of hydrogen-bond acceptors (Lipinski definition) is 6. The highest BCUT2D eigenvalue weighted by Gasteiger charge is 2.13. The zero-order chi connectivity index (χ0) is 19.6. The molecule has 0 saturated heterocycles. The molecule has 0 aliphatic rings. The van der Waals surface area contributed by atoms with E-state index in [9.17, 15) is 19.7 Å². The lowest BCUT2D eigenvalue weighted by molar-refractivity contribution is -0.384. The van der Waals surface area contributed by atoms with Crippen molar-refractivity contribution in [3.63, 3.8) is 0 Å². The maximum Gasteiger partial charge on any atom is 0.269 e. The molecule has 9 heteroatoms. The topological polar surface area (TPSA) is 107 Å². The molecule has 0 aliphatic carbocycles. The molecule has 2 aromatic carbocycles. The Bertz CT molecular complexity index is 1110. The minimum absolute atomic E-state index is 0.0322. The van der Waals surface area contributed by atoms with E-state index in [-0.39, 0.29) is 22.9 Å². The molecular formula is C18H16N4O4S. The summed E-state index contributed by atoms with van der Waals surface area (Å²) < 4.78 is 1.41. The number of amides is 1. The van der Waals surface area contributed by atoms with Gasteiger partial charge in [0.25, 0.3) is 11.2 Å². The summed E-state index contributed by atoms with van der Waals surface area (Å²) in [4.78, 5) is 39.3. The van der Waals surface area contributed by atoms with Crippen LogP contribution in [0.4, 0.5) is 11.4 Å². The van der Waals surface area contributed by atoms with Crippen molar-refractivity contribution in [2.75, 3.05) is 11.1 Å². The van der Waals surface area contributed by atoms with Crippen LogP contribution in [0.5, 0.6) is 0 Å². The highest BCUT2D eigenvalue weighted by Crippen LogP contribution is 2.22. The summed E-state index contributed by atoms with van der Waals surface area (Å²) in [5, 5.41) is 14.5. The van der Waals surface area contributed by atoms with E-state index in [0.29, 0.717) is 27.3 Å². The third kappa shape index (κ3) is 3.98. The maximum absolute atomic E-state index is 12.4. The Labute approximate surface area is 158 Å². The summed E-state index contributed by atoms with van der Waals surface area (Å²) in [6, 6.07) is 11.3. The third-order valence-electron chi connectivity index (χ3n) is 3.97. The monoisotopic (exact) mass is 384 g/mol. The van der Waals surface area contributed by atoms with Gasteiger partial charge in [0.05, 0.1) is 21.6 Å². The number of nitrogens with one attached hydrogen (secondary N) is 1. The first-order valence-corrected chi connectivity index (χ1v) is 8.99. The quantitative estimate of drug-likeness (QED) is 0.314. The molecule has 0 radical (unpaired) electrons. The second-order valence-electron chi connectivity index (χ2n) is 5.87. The molecule has 1 amide bonds. The summed E-state index contributed by atoms with van der Waals surface area (Å²) in [5.41, 5.74) is 1.48. The molecule has 1 aromatic heterocycles. The van der Waals surface area contributed by atoms with Crippen molar-refractivity contribution in [1.82, 2.24) is 9.55 Å². The number of carbonyl (C=O) groups excluding carboxylic acids is 1. The van der Waals surface area contributed by atoms with Crippen LogP contribution >= 0.6 is 11.8 Å². The van der Waals surface area contributed by atoms with Gasteiger partial charge in [-0.15, -0.1) is 0 Å². The van der Waals surface area contributed by atoms with E-state index in [1.54, 1.807) is 38.2 Å². The van der Waals surface area contributed by atoms with Crippen molar-refractivity contribution < 1.29 is 9.72 Å². The number of rotatable bonds is 5. The molecule has 1 N–H and O–H groups in total. The molecule has 3 aromatic rings. The highest BCUT2D eigenvalue weighted by atomic mass is 32.2. The first-order chi connectivity index (χ1) is 12.9. The highest BCUT2D eigenvalue weighted by molar-refractivity contribution is 7.99. The number of nitro groups is 1. The number of benzene rings is 2. The Morgan fingerprint density at radius 2 is 2.04 bits per heavy atom. The van der Waals surface area contributed by atoms with Crippen LogP contribution in [0.25, 0.3) is 10.9 Å². The van der Waals surface area contributed by atoms with E-state index in [1.165, 1.54) is 22.8 Å². The molecular weight excluding hydrogens is 368 g/mol. The Morgan fingerprint density at radius 1 is 1.30 bits per heavy atom. The van der Waals surface area contributed by atoms with E-state index in [1.807, 2.05) is 0 Å². The predicted octanol–water partition coefficient (Wildman–Crippen LogP) is 2.88. The number of anilines is 1. The number of hydrogen-bond donors (Lipinski definition) is 1. The van der Waals surface area contributed by atoms with Gasteiger partial charge in [-0.05, 0) is 30.7 Å². The smallest absolute Gasteiger partial charge is 0.269 e. The van der Waals surface area contributed by atoms with Crippen LogP contribution < -0.4 is 10.9 Å². The van der Waals surface area contributed by atoms with Crippen molar-refractivity contribution >= 4 is 39.9 Å². The molecule has 1 heterocycles. The third-order valence-corrected chi connectivity index (χ3v) is 5.00. The van der Waals surface area contributed by atoms with Crippen LogP contribution in [-0.2, 0) is 11.8 Å². The lowest BCUT2D eigenvalue weighted by atomic mass is 10.2. The molecule has 0 spiro atoms. The van der Waals surface area contributed by atoms with Gasteiger partial charge in [-0.1, -0.05) is 23.9 Å². The first kappa shape index (κ1) is 18.6. The van der Waals surface area contributed by atoms with Gasteiger partial charge >= 0.3 is 0 Å². The fourth-order valence-corrected chi connectivity index (χ4v) is 3.32. The molecule has 138 valence electrons. The molecule has 0 unspecified atom stereocenters. The van der Waals surface area contributed by atoms with Gasteiger partial charge in [0.1, 0.15) is 0 Å². The fourth-order valence-electron chi connectivity index (χ4n) is 2.54. The molecule has 27 heavy (non-hydrogen) atoms. The summed E-state index contributed by atoms with van der Waals surface area (Å²) >= 11 is 1.15.